The summed E-state index contributed by atoms with van der Waals surface area (Å²) < 4.78 is 0. The fourth-order valence-corrected chi connectivity index (χ4v) is 3.28. The Bertz CT molecular complexity index is 299. The molecule has 0 aromatic carbocycles. The molecular formula is C15H28N2O2. The van der Waals surface area contributed by atoms with Crippen LogP contribution in [0.3, 0.4) is 0 Å². The lowest BCUT2D eigenvalue weighted by molar-refractivity contribution is -0.121. The maximum Gasteiger partial charge on any atom is 0.221 e. The van der Waals surface area contributed by atoms with Crippen LogP contribution >= 0.6 is 0 Å². The van der Waals surface area contributed by atoms with Crippen molar-refractivity contribution in [2.24, 2.45) is 5.92 Å². The van der Waals surface area contributed by atoms with E-state index in [1.54, 1.807) is 0 Å². The molecule has 1 atom stereocenters. The van der Waals surface area contributed by atoms with Crippen LogP contribution in [-0.4, -0.2) is 35.7 Å². The number of rotatable bonds is 4. The van der Waals surface area contributed by atoms with Gasteiger partial charge in [0.1, 0.15) is 0 Å². The molecule has 2 fully saturated rings. The number of hydrogen-bond donors (Lipinski definition) is 3. The normalized spacial score (nSPS) is 36.6. The van der Waals surface area contributed by atoms with Crippen LogP contribution in [0.4, 0.5) is 0 Å². The van der Waals surface area contributed by atoms with Gasteiger partial charge in [-0.2, -0.15) is 0 Å². The highest BCUT2D eigenvalue weighted by Crippen LogP contribution is 2.33. The molecule has 1 heterocycles. The molecule has 2 aliphatic rings. The Kier molecular flexibility index (Phi) is 5.22. The molecule has 0 radical (unpaired) electrons. The summed E-state index contributed by atoms with van der Waals surface area (Å²) in [7, 11) is 0. The Morgan fingerprint density at radius 3 is 2.79 bits per heavy atom. The van der Waals surface area contributed by atoms with Crippen molar-refractivity contribution in [3.05, 3.63) is 0 Å². The van der Waals surface area contributed by atoms with E-state index in [0.717, 1.165) is 51.0 Å². The summed E-state index contributed by atoms with van der Waals surface area (Å²) >= 11 is 0. The van der Waals surface area contributed by atoms with Crippen molar-refractivity contribution in [1.82, 2.24) is 10.6 Å². The van der Waals surface area contributed by atoms with Gasteiger partial charge in [-0.15, -0.1) is 0 Å². The van der Waals surface area contributed by atoms with Crippen LogP contribution in [0.2, 0.25) is 0 Å². The number of carbonyl (C=O) groups excluding carboxylic acids is 1. The maximum atomic E-state index is 11.5. The minimum Gasteiger partial charge on any atom is -0.389 e. The molecule has 1 saturated carbocycles. The largest absolute Gasteiger partial charge is 0.389 e. The first kappa shape index (κ1) is 14.8. The van der Waals surface area contributed by atoms with Crippen LogP contribution in [0.1, 0.15) is 58.3 Å². The van der Waals surface area contributed by atoms with Gasteiger partial charge in [-0.05, 0) is 44.4 Å². The highest BCUT2D eigenvalue weighted by molar-refractivity contribution is 5.76. The molecule has 2 rings (SSSR count). The molecule has 4 heteroatoms. The van der Waals surface area contributed by atoms with E-state index < -0.39 is 5.60 Å². The lowest BCUT2D eigenvalue weighted by Crippen LogP contribution is -2.47. The summed E-state index contributed by atoms with van der Waals surface area (Å²) in [4.78, 5) is 11.5. The minimum atomic E-state index is -0.547. The van der Waals surface area contributed by atoms with Gasteiger partial charge in [0.25, 0.3) is 0 Å². The van der Waals surface area contributed by atoms with E-state index in [2.05, 4.69) is 17.6 Å². The Balaban J connectivity index is 1.76. The molecular weight excluding hydrogens is 240 g/mol. The van der Waals surface area contributed by atoms with Crippen LogP contribution in [-0.2, 0) is 4.79 Å². The van der Waals surface area contributed by atoms with Gasteiger partial charge in [-0.1, -0.05) is 13.3 Å². The van der Waals surface area contributed by atoms with Gasteiger partial charge in [0.2, 0.25) is 5.91 Å². The van der Waals surface area contributed by atoms with Gasteiger partial charge in [-0.3, -0.25) is 4.79 Å². The van der Waals surface area contributed by atoms with Crippen molar-refractivity contribution in [2.75, 3.05) is 13.1 Å². The second kappa shape index (κ2) is 6.71. The highest BCUT2D eigenvalue weighted by atomic mass is 16.3. The molecule has 1 aliphatic carbocycles. The molecule has 0 aromatic heterocycles. The van der Waals surface area contributed by atoms with Crippen LogP contribution in [0.15, 0.2) is 0 Å². The number of hydrogen-bond acceptors (Lipinski definition) is 3. The van der Waals surface area contributed by atoms with Gasteiger partial charge < -0.3 is 15.7 Å². The average Bonchev–Trinajstić information content (AvgIpc) is 2.62. The zero-order valence-corrected chi connectivity index (χ0v) is 12.1. The second-order valence-electron chi connectivity index (χ2n) is 6.35. The van der Waals surface area contributed by atoms with E-state index in [0.29, 0.717) is 13.0 Å². The molecule has 3 N–H and O–H groups in total. The zero-order valence-electron chi connectivity index (χ0n) is 12.1. The zero-order chi connectivity index (χ0) is 13.7. The van der Waals surface area contributed by atoms with E-state index >= 15 is 0 Å². The van der Waals surface area contributed by atoms with Gasteiger partial charge in [-0.25, -0.2) is 0 Å². The highest BCUT2D eigenvalue weighted by Gasteiger charge is 2.33. The first-order valence-electron chi connectivity index (χ1n) is 7.84. The third-order valence-electron chi connectivity index (χ3n) is 4.82. The Morgan fingerprint density at radius 1 is 1.37 bits per heavy atom. The molecule has 0 aromatic rings. The Hall–Kier alpha value is -0.610. The smallest absolute Gasteiger partial charge is 0.221 e. The van der Waals surface area contributed by atoms with E-state index in [-0.39, 0.29) is 11.9 Å². The molecule has 4 nitrogen and oxygen atoms in total. The average molecular weight is 268 g/mol. The van der Waals surface area contributed by atoms with E-state index in [9.17, 15) is 9.90 Å². The molecule has 1 amide bonds. The summed E-state index contributed by atoms with van der Waals surface area (Å²) in [6.45, 7) is 3.66. The fourth-order valence-electron chi connectivity index (χ4n) is 3.28. The lowest BCUT2D eigenvalue weighted by Gasteiger charge is -2.37. The van der Waals surface area contributed by atoms with Crippen molar-refractivity contribution < 1.29 is 9.90 Å². The number of carbonyl (C=O) groups is 1. The summed E-state index contributed by atoms with van der Waals surface area (Å²) in [6, 6.07) is 0.232. The number of amides is 1. The standard InChI is InChI=1S/C15H28N2O2/c1-2-12-5-7-15(19,8-6-12)11-17-13-4-3-9-16-14(18)10-13/h12-13,17,19H,2-11H2,1H3,(H,16,18). The topological polar surface area (TPSA) is 61.4 Å². The van der Waals surface area contributed by atoms with Crippen molar-refractivity contribution in [1.29, 1.82) is 0 Å². The first-order valence-corrected chi connectivity index (χ1v) is 7.84. The summed E-state index contributed by atoms with van der Waals surface area (Å²) in [5.41, 5.74) is -0.547. The minimum absolute atomic E-state index is 0.136. The van der Waals surface area contributed by atoms with Crippen molar-refractivity contribution in [3.63, 3.8) is 0 Å². The molecule has 0 bridgehead atoms. The van der Waals surface area contributed by atoms with E-state index in [4.69, 9.17) is 0 Å². The van der Waals surface area contributed by atoms with Crippen LogP contribution < -0.4 is 10.6 Å². The summed E-state index contributed by atoms with van der Waals surface area (Å²) in [5.74, 6) is 0.931. The van der Waals surface area contributed by atoms with Crippen molar-refractivity contribution >= 4 is 5.91 Å². The second-order valence-corrected chi connectivity index (χ2v) is 6.35. The van der Waals surface area contributed by atoms with Gasteiger partial charge >= 0.3 is 0 Å². The fraction of sp³-hybridized carbons (Fsp3) is 0.933. The molecule has 0 spiro atoms. The third kappa shape index (κ3) is 4.46. The maximum absolute atomic E-state index is 11.5. The van der Waals surface area contributed by atoms with E-state index in [1.165, 1.54) is 6.42 Å². The summed E-state index contributed by atoms with van der Waals surface area (Å²) in [6.07, 6.45) is 7.90. The quantitative estimate of drug-likeness (QED) is 0.725. The lowest BCUT2D eigenvalue weighted by atomic mass is 9.77. The Labute approximate surface area is 116 Å². The number of aliphatic hydroxyl groups is 1. The SMILES string of the molecule is CCC1CCC(O)(CNC2CCCNC(=O)C2)CC1. The summed E-state index contributed by atoms with van der Waals surface area (Å²) in [5, 5.41) is 16.9. The van der Waals surface area contributed by atoms with Gasteiger partial charge in [0, 0.05) is 25.6 Å². The molecule has 1 unspecified atom stereocenters. The van der Waals surface area contributed by atoms with Crippen LogP contribution in [0.25, 0.3) is 0 Å². The predicted molar refractivity (Wildman–Crippen MR) is 75.9 cm³/mol. The molecule has 110 valence electrons. The van der Waals surface area contributed by atoms with E-state index in [1.807, 2.05) is 0 Å². The van der Waals surface area contributed by atoms with Crippen molar-refractivity contribution in [3.8, 4) is 0 Å². The van der Waals surface area contributed by atoms with Gasteiger partial charge in [0.05, 0.1) is 5.60 Å². The first-order chi connectivity index (χ1) is 9.11. The van der Waals surface area contributed by atoms with Crippen LogP contribution in [0, 0.1) is 5.92 Å². The Morgan fingerprint density at radius 2 is 2.11 bits per heavy atom. The third-order valence-corrected chi connectivity index (χ3v) is 4.82. The van der Waals surface area contributed by atoms with Gasteiger partial charge in [0.15, 0.2) is 0 Å². The van der Waals surface area contributed by atoms with Crippen LogP contribution in [0.5, 0.6) is 0 Å². The number of nitrogens with one attached hydrogen (secondary N) is 2. The van der Waals surface area contributed by atoms with Crippen molar-refractivity contribution in [2.45, 2.75) is 69.9 Å². The monoisotopic (exact) mass is 268 g/mol. The molecule has 1 saturated heterocycles. The predicted octanol–water partition coefficient (Wildman–Crippen LogP) is 1.58. The molecule has 19 heavy (non-hydrogen) atoms. The molecule has 1 aliphatic heterocycles.